The summed E-state index contributed by atoms with van der Waals surface area (Å²) in [6, 6.07) is 10.4. The molecule has 0 aliphatic carbocycles. The minimum Gasteiger partial charge on any atom is -0.369 e. The Balaban J connectivity index is 1.29. The van der Waals surface area contributed by atoms with Gasteiger partial charge in [-0.15, -0.1) is 0 Å². The van der Waals surface area contributed by atoms with Gasteiger partial charge in [0.2, 0.25) is 11.8 Å². The molecule has 2 heterocycles. The lowest BCUT2D eigenvalue weighted by Crippen LogP contribution is -2.47. The molecule has 1 aliphatic heterocycles. The van der Waals surface area contributed by atoms with Gasteiger partial charge in [-0.05, 0) is 63.6 Å². The third-order valence-corrected chi connectivity index (χ3v) is 7.03. The first-order chi connectivity index (χ1) is 18.7. The zero-order chi connectivity index (χ0) is 27.9. The highest BCUT2D eigenvalue weighted by Crippen LogP contribution is 2.22. The van der Waals surface area contributed by atoms with E-state index in [-0.39, 0.29) is 30.2 Å². The van der Waals surface area contributed by atoms with Crippen LogP contribution in [-0.2, 0) is 22.6 Å². The predicted octanol–water partition coefficient (Wildman–Crippen LogP) is 2.16. The molecule has 1 aromatic heterocycles. The molecule has 2 amide bonds. The van der Waals surface area contributed by atoms with E-state index in [0.717, 1.165) is 49.9 Å². The van der Waals surface area contributed by atoms with E-state index in [1.54, 1.807) is 6.92 Å². The van der Waals surface area contributed by atoms with E-state index in [1.807, 2.05) is 0 Å². The Morgan fingerprint density at radius 1 is 0.974 bits per heavy atom. The van der Waals surface area contributed by atoms with Crippen molar-refractivity contribution in [1.82, 2.24) is 25.3 Å². The van der Waals surface area contributed by atoms with Crippen LogP contribution in [0.15, 0.2) is 41.2 Å². The number of rotatable bonds is 10. The van der Waals surface area contributed by atoms with Gasteiger partial charge < -0.3 is 15.5 Å². The van der Waals surface area contributed by atoms with Gasteiger partial charge in [-0.1, -0.05) is 17.7 Å². The third kappa shape index (κ3) is 7.20. The number of halogens is 1. The summed E-state index contributed by atoms with van der Waals surface area (Å²) >= 11 is 0. The van der Waals surface area contributed by atoms with Crippen LogP contribution in [0, 0.1) is 19.7 Å². The van der Waals surface area contributed by atoms with Gasteiger partial charge in [0.15, 0.2) is 0 Å². The van der Waals surface area contributed by atoms with Gasteiger partial charge in [0.05, 0.1) is 17.5 Å². The molecular formula is C29H37FN6O3. The van der Waals surface area contributed by atoms with Crippen molar-refractivity contribution in [3.05, 3.63) is 69.4 Å². The summed E-state index contributed by atoms with van der Waals surface area (Å²) in [5.41, 5.74) is 3.62. The normalized spacial score (nSPS) is 14.0. The van der Waals surface area contributed by atoms with E-state index in [4.69, 9.17) is 0 Å². The number of anilines is 1. The summed E-state index contributed by atoms with van der Waals surface area (Å²) < 4.78 is 14.9. The number of nitrogens with zero attached hydrogens (tertiary/aromatic N) is 4. The number of hydrogen-bond acceptors (Lipinski definition) is 6. The van der Waals surface area contributed by atoms with Crippen molar-refractivity contribution in [3.8, 4) is 0 Å². The van der Waals surface area contributed by atoms with Gasteiger partial charge in [-0.25, -0.2) is 9.07 Å². The molecular weight excluding hydrogens is 499 g/mol. The zero-order valence-corrected chi connectivity index (χ0v) is 22.9. The van der Waals surface area contributed by atoms with Crippen molar-refractivity contribution in [2.75, 3.05) is 50.7 Å². The molecule has 39 heavy (non-hydrogen) atoms. The van der Waals surface area contributed by atoms with Crippen molar-refractivity contribution < 1.29 is 14.0 Å². The third-order valence-electron chi connectivity index (χ3n) is 7.03. The molecule has 2 aromatic carbocycles. The van der Waals surface area contributed by atoms with E-state index in [2.05, 4.69) is 57.6 Å². The molecule has 0 unspecified atom stereocenters. The molecule has 1 saturated heterocycles. The van der Waals surface area contributed by atoms with Gasteiger partial charge >= 0.3 is 0 Å². The minimum atomic E-state index is -0.569. The first-order valence-electron chi connectivity index (χ1n) is 13.5. The maximum absolute atomic E-state index is 13.9. The summed E-state index contributed by atoms with van der Waals surface area (Å²) in [6.45, 7) is 11.4. The molecule has 0 bridgehead atoms. The summed E-state index contributed by atoms with van der Waals surface area (Å²) in [6.07, 6.45) is 0.706. The van der Waals surface area contributed by atoms with E-state index in [1.165, 1.54) is 28.9 Å². The number of fused-ring (bicyclic) bond motifs is 1. The number of carbonyl (C=O) groups excluding carboxylic acids is 2. The van der Waals surface area contributed by atoms with Crippen LogP contribution >= 0.6 is 0 Å². The Labute approximate surface area is 228 Å². The average Bonchev–Trinajstić information content (AvgIpc) is 2.90. The van der Waals surface area contributed by atoms with E-state index >= 15 is 0 Å². The molecule has 2 N–H and O–H groups in total. The van der Waals surface area contributed by atoms with Crippen molar-refractivity contribution in [3.63, 3.8) is 0 Å². The van der Waals surface area contributed by atoms with E-state index in [0.29, 0.717) is 24.2 Å². The fourth-order valence-corrected chi connectivity index (χ4v) is 5.07. The number of aromatic nitrogens is 2. The molecule has 10 heteroatoms. The highest BCUT2D eigenvalue weighted by molar-refractivity contribution is 5.88. The van der Waals surface area contributed by atoms with Crippen LogP contribution in [0.2, 0.25) is 0 Å². The van der Waals surface area contributed by atoms with Gasteiger partial charge in [0.25, 0.3) is 5.56 Å². The van der Waals surface area contributed by atoms with Crippen LogP contribution in [0.4, 0.5) is 10.1 Å². The predicted molar refractivity (Wildman–Crippen MR) is 151 cm³/mol. The van der Waals surface area contributed by atoms with Crippen molar-refractivity contribution in [2.24, 2.45) is 0 Å². The Bertz CT molecular complexity index is 1400. The standard InChI is InChI=1S/C29H37FN6O3/c1-4-31-27(37)18-25-23-8-7-22(30)17-24(23)29(39)36(33-25)19-28(38)32-10-5-11-34-12-14-35(15-13-34)26-9-6-20(2)16-21(26)3/h6-9,16-17H,4-5,10-15,18-19H2,1-3H3,(H,31,37)(H,32,38). The monoisotopic (exact) mass is 536 g/mol. The second kappa shape index (κ2) is 12.8. The number of carbonyl (C=O) groups is 2. The second-order valence-corrected chi connectivity index (χ2v) is 10.1. The molecule has 1 fully saturated rings. The molecule has 1 aliphatic rings. The molecule has 0 spiro atoms. The Morgan fingerprint density at radius 3 is 2.46 bits per heavy atom. The topological polar surface area (TPSA) is 99.6 Å². The summed E-state index contributed by atoms with van der Waals surface area (Å²) in [4.78, 5) is 42.5. The number of hydrogen-bond donors (Lipinski definition) is 2. The van der Waals surface area contributed by atoms with Crippen LogP contribution in [-0.4, -0.2) is 72.3 Å². The molecule has 3 aromatic rings. The maximum Gasteiger partial charge on any atom is 0.275 e. The summed E-state index contributed by atoms with van der Waals surface area (Å²) in [5.74, 6) is -1.19. The minimum absolute atomic E-state index is 0.0748. The number of benzene rings is 2. The molecule has 0 atom stereocenters. The number of nitrogens with one attached hydrogen (secondary N) is 2. The summed E-state index contributed by atoms with van der Waals surface area (Å²) in [5, 5.41) is 10.3. The molecule has 0 radical (unpaired) electrons. The number of amides is 2. The Morgan fingerprint density at radius 2 is 1.74 bits per heavy atom. The fraction of sp³-hybridized carbons (Fsp3) is 0.448. The number of likely N-dealkylation sites (N-methyl/N-ethyl adjacent to an activating group) is 1. The second-order valence-electron chi connectivity index (χ2n) is 10.1. The van der Waals surface area contributed by atoms with Crippen LogP contribution < -0.4 is 21.1 Å². The van der Waals surface area contributed by atoms with E-state index < -0.39 is 11.4 Å². The van der Waals surface area contributed by atoms with Crippen LogP contribution in [0.25, 0.3) is 10.8 Å². The quantitative estimate of drug-likeness (QED) is 0.386. The van der Waals surface area contributed by atoms with E-state index in [9.17, 15) is 18.8 Å². The molecule has 4 rings (SSSR count). The maximum atomic E-state index is 13.9. The largest absolute Gasteiger partial charge is 0.369 e. The van der Waals surface area contributed by atoms with Gasteiger partial charge in [-0.2, -0.15) is 5.10 Å². The molecule has 0 saturated carbocycles. The fourth-order valence-electron chi connectivity index (χ4n) is 5.07. The first kappa shape index (κ1) is 28.2. The van der Waals surface area contributed by atoms with Crippen LogP contribution in [0.1, 0.15) is 30.2 Å². The van der Waals surface area contributed by atoms with Crippen molar-refractivity contribution in [2.45, 2.75) is 40.2 Å². The van der Waals surface area contributed by atoms with Gasteiger partial charge in [0.1, 0.15) is 12.4 Å². The van der Waals surface area contributed by atoms with Crippen molar-refractivity contribution >= 4 is 28.3 Å². The highest BCUT2D eigenvalue weighted by Gasteiger charge is 2.19. The van der Waals surface area contributed by atoms with Gasteiger partial charge in [-0.3, -0.25) is 19.3 Å². The summed E-state index contributed by atoms with van der Waals surface area (Å²) in [7, 11) is 0. The zero-order valence-electron chi connectivity index (χ0n) is 22.9. The SMILES string of the molecule is CCNC(=O)Cc1nn(CC(=O)NCCCN2CCN(c3ccc(C)cc3C)CC2)c(=O)c2cc(F)ccc12. The van der Waals surface area contributed by atoms with Gasteiger partial charge in [0, 0.05) is 50.3 Å². The van der Waals surface area contributed by atoms with Crippen LogP contribution in [0.5, 0.6) is 0 Å². The highest BCUT2D eigenvalue weighted by atomic mass is 19.1. The lowest BCUT2D eigenvalue weighted by Gasteiger charge is -2.37. The Hall–Kier alpha value is -3.79. The lowest BCUT2D eigenvalue weighted by atomic mass is 10.1. The lowest BCUT2D eigenvalue weighted by molar-refractivity contribution is -0.122. The number of piperazine rings is 1. The first-order valence-corrected chi connectivity index (χ1v) is 13.5. The Kier molecular flexibility index (Phi) is 9.29. The molecule has 208 valence electrons. The van der Waals surface area contributed by atoms with Crippen LogP contribution in [0.3, 0.4) is 0 Å². The average molecular weight is 537 g/mol. The number of aryl methyl sites for hydroxylation is 2. The van der Waals surface area contributed by atoms with Crippen molar-refractivity contribution in [1.29, 1.82) is 0 Å². The molecule has 9 nitrogen and oxygen atoms in total. The smallest absolute Gasteiger partial charge is 0.275 e.